The molecular formula is C14H14O4S. The minimum absolute atomic E-state index is 0.337. The number of carbonyl (C=O) groups is 2. The first kappa shape index (κ1) is 13.5. The monoisotopic (exact) mass is 278 g/mol. The Bertz CT molecular complexity index is 629. The highest BCUT2D eigenvalue weighted by Crippen LogP contribution is 2.29. The summed E-state index contributed by atoms with van der Waals surface area (Å²) >= 11 is 1.32. The Morgan fingerprint density at radius 2 is 2.11 bits per heavy atom. The molecule has 0 amide bonds. The topological polar surface area (TPSA) is 63.6 Å². The lowest BCUT2D eigenvalue weighted by molar-refractivity contribution is -0.138. The summed E-state index contributed by atoms with van der Waals surface area (Å²) < 4.78 is 5.85. The molecule has 4 nitrogen and oxygen atoms in total. The molecule has 1 atom stereocenters. The lowest BCUT2D eigenvalue weighted by atomic mass is 10.0. The van der Waals surface area contributed by atoms with Crippen LogP contribution in [-0.4, -0.2) is 23.7 Å². The molecule has 0 aliphatic rings. The van der Waals surface area contributed by atoms with E-state index < -0.39 is 11.9 Å². The number of hydrogen-bond donors (Lipinski definition) is 1. The minimum atomic E-state index is -0.860. The number of ether oxygens (including phenoxy) is 1. The standard InChI is InChI=1S/C14H14O4S/c1-3-18-14(17)12-7-10-5-4-9(6-11(10)19-12)8(2)13(15)16/h4-8H,3H2,1-2H3,(H,15,16). The summed E-state index contributed by atoms with van der Waals surface area (Å²) in [7, 11) is 0. The van der Waals surface area contributed by atoms with Gasteiger partial charge in [0.05, 0.1) is 12.5 Å². The molecule has 2 rings (SSSR count). The number of carboxylic acid groups (broad SMARTS) is 1. The number of aliphatic carboxylic acids is 1. The Morgan fingerprint density at radius 3 is 2.74 bits per heavy atom. The molecule has 1 unspecified atom stereocenters. The third-order valence-corrected chi connectivity index (χ3v) is 3.97. The number of thiophene rings is 1. The molecule has 1 aromatic heterocycles. The van der Waals surface area contributed by atoms with Gasteiger partial charge in [0.15, 0.2) is 0 Å². The van der Waals surface area contributed by atoms with E-state index in [0.717, 1.165) is 15.6 Å². The van der Waals surface area contributed by atoms with Crippen LogP contribution >= 0.6 is 11.3 Å². The van der Waals surface area contributed by atoms with Crippen molar-refractivity contribution in [2.24, 2.45) is 0 Å². The number of carboxylic acids is 1. The largest absolute Gasteiger partial charge is 0.481 e. The Morgan fingerprint density at radius 1 is 1.37 bits per heavy atom. The van der Waals surface area contributed by atoms with Crippen molar-refractivity contribution in [3.05, 3.63) is 34.7 Å². The van der Waals surface area contributed by atoms with Crippen LogP contribution in [-0.2, 0) is 9.53 Å². The second-order valence-corrected chi connectivity index (χ2v) is 5.27. The number of fused-ring (bicyclic) bond motifs is 1. The average Bonchev–Trinajstić information content (AvgIpc) is 2.80. The maximum absolute atomic E-state index is 11.6. The van der Waals surface area contributed by atoms with Crippen LogP contribution in [0.4, 0.5) is 0 Å². The van der Waals surface area contributed by atoms with Crippen LogP contribution < -0.4 is 0 Å². The fraction of sp³-hybridized carbons (Fsp3) is 0.286. The molecule has 0 aliphatic carbocycles. The first-order valence-electron chi connectivity index (χ1n) is 5.96. The van der Waals surface area contributed by atoms with E-state index in [4.69, 9.17) is 9.84 Å². The van der Waals surface area contributed by atoms with Gasteiger partial charge in [-0.2, -0.15) is 0 Å². The van der Waals surface area contributed by atoms with E-state index in [1.54, 1.807) is 26.0 Å². The van der Waals surface area contributed by atoms with E-state index in [0.29, 0.717) is 11.5 Å². The Kier molecular flexibility index (Phi) is 3.85. The predicted octanol–water partition coefficient (Wildman–Crippen LogP) is 3.27. The molecule has 1 heterocycles. The van der Waals surface area contributed by atoms with E-state index in [9.17, 15) is 9.59 Å². The number of hydrogen-bond acceptors (Lipinski definition) is 4. The van der Waals surface area contributed by atoms with Crippen molar-refractivity contribution in [3.8, 4) is 0 Å². The number of carbonyl (C=O) groups excluding carboxylic acids is 1. The zero-order valence-corrected chi connectivity index (χ0v) is 11.5. The van der Waals surface area contributed by atoms with Crippen molar-refractivity contribution >= 4 is 33.4 Å². The molecule has 0 bridgehead atoms. The van der Waals surface area contributed by atoms with Crippen LogP contribution in [0.1, 0.15) is 35.0 Å². The van der Waals surface area contributed by atoms with E-state index in [-0.39, 0.29) is 5.97 Å². The van der Waals surface area contributed by atoms with E-state index in [1.807, 2.05) is 12.1 Å². The minimum Gasteiger partial charge on any atom is -0.481 e. The molecule has 0 spiro atoms. The Balaban J connectivity index is 2.38. The molecule has 0 saturated carbocycles. The second-order valence-electron chi connectivity index (χ2n) is 4.19. The van der Waals surface area contributed by atoms with Crippen molar-refractivity contribution in [2.75, 3.05) is 6.61 Å². The maximum atomic E-state index is 11.6. The highest BCUT2D eigenvalue weighted by atomic mass is 32.1. The van der Waals surface area contributed by atoms with Crippen LogP contribution in [0.15, 0.2) is 24.3 Å². The summed E-state index contributed by atoms with van der Waals surface area (Å²) in [6.07, 6.45) is 0. The molecule has 0 radical (unpaired) electrons. The van der Waals surface area contributed by atoms with Crippen molar-refractivity contribution in [3.63, 3.8) is 0 Å². The van der Waals surface area contributed by atoms with Crippen molar-refractivity contribution < 1.29 is 19.4 Å². The van der Waals surface area contributed by atoms with Crippen LogP contribution in [0.3, 0.4) is 0 Å². The van der Waals surface area contributed by atoms with E-state index >= 15 is 0 Å². The molecular weight excluding hydrogens is 264 g/mol. The Labute approximate surface area is 114 Å². The number of benzene rings is 1. The van der Waals surface area contributed by atoms with Crippen molar-refractivity contribution in [1.29, 1.82) is 0 Å². The molecule has 1 N–H and O–H groups in total. The third-order valence-electron chi connectivity index (χ3n) is 2.89. The average molecular weight is 278 g/mol. The zero-order valence-electron chi connectivity index (χ0n) is 10.7. The zero-order chi connectivity index (χ0) is 14.0. The van der Waals surface area contributed by atoms with Gasteiger partial charge >= 0.3 is 11.9 Å². The summed E-state index contributed by atoms with van der Waals surface area (Å²) in [5.41, 5.74) is 0.734. The van der Waals surface area contributed by atoms with E-state index in [2.05, 4.69) is 0 Å². The second kappa shape index (κ2) is 5.40. The summed E-state index contributed by atoms with van der Waals surface area (Å²) in [6, 6.07) is 7.21. The number of esters is 1. The first-order valence-corrected chi connectivity index (χ1v) is 6.78. The number of rotatable bonds is 4. The molecule has 100 valence electrons. The lowest BCUT2D eigenvalue weighted by Crippen LogP contribution is -2.06. The van der Waals surface area contributed by atoms with Crippen LogP contribution in [0, 0.1) is 0 Å². The van der Waals surface area contributed by atoms with Gasteiger partial charge in [0.2, 0.25) is 0 Å². The molecule has 1 aromatic carbocycles. The fourth-order valence-electron chi connectivity index (χ4n) is 1.76. The highest BCUT2D eigenvalue weighted by molar-refractivity contribution is 7.20. The summed E-state index contributed by atoms with van der Waals surface area (Å²) in [5, 5.41) is 9.93. The summed E-state index contributed by atoms with van der Waals surface area (Å²) in [6.45, 7) is 3.75. The normalized spacial score (nSPS) is 12.3. The quantitative estimate of drug-likeness (QED) is 0.872. The smallest absolute Gasteiger partial charge is 0.348 e. The lowest BCUT2D eigenvalue weighted by Gasteiger charge is -2.05. The highest BCUT2D eigenvalue weighted by Gasteiger charge is 2.16. The van der Waals surface area contributed by atoms with Crippen LogP contribution in [0.2, 0.25) is 0 Å². The van der Waals surface area contributed by atoms with Gasteiger partial charge in [-0.1, -0.05) is 12.1 Å². The van der Waals surface area contributed by atoms with Crippen LogP contribution in [0.25, 0.3) is 10.1 Å². The summed E-state index contributed by atoms with van der Waals surface area (Å²) in [4.78, 5) is 23.1. The fourth-order valence-corrected chi connectivity index (χ4v) is 2.77. The third kappa shape index (κ3) is 2.76. The van der Waals surface area contributed by atoms with Gasteiger partial charge in [0.1, 0.15) is 4.88 Å². The van der Waals surface area contributed by atoms with Gasteiger partial charge in [-0.15, -0.1) is 11.3 Å². The van der Waals surface area contributed by atoms with Gasteiger partial charge in [0, 0.05) is 4.70 Å². The molecule has 0 saturated heterocycles. The SMILES string of the molecule is CCOC(=O)c1cc2ccc(C(C)C(=O)O)cc2s1. The molecule has 19 heavy (non-hydrogen) atoms. The molecule has 0 fully saturated rings. The maximum Gasteiger partial charge on any atom is 0.348 e. The van der Waals surface area contributed by atoms with Gasteiger partial charge < -0.3 is 9.84 Å². The van der Waals surface area contributed by atoms with Gasteiger partial charge in [-0.3, -0.25) is 4.79 Å². The van der Waals surface area contributed by atoms with Gasteiger partial charge in [-0.05, 0) is 36.9 Å². The molecule has 2 aromatic rings. The first-order chi connectivity index (χ1) is 9.02. The van der Waals surface area contributed by atoms with Crippen LogP contribution in [0.5, 0.6) is 0 Å². The summed E-state index contributed by atoms with van der Waals surface area (Å²) in [5.74, 6) is -1.75. The van der Waals surface area contributed by atoms with Gasteiger partial charge in [0.25, 0.3) is 0 Å². The Hall–Kier alpha value is -1.88. The van der Waals surface area contributed by atoms with E-state index in [1.165, 1.54) is 11.3 Å². The van der Waals surface area contributed by atoms with Crippen molar-refractivity contribution in [2.45, 2.75) is 19.8 Å². The van der Waals surface area contributed by atoms with Gasteiger partial charge in [-0.25, -0.2) is 4.79 Å². The molecule has 0 aliphatic heterocycles. The molecule has 5 heteroatoms. The predicted molar refractivity (Wildman–Crippen MR) is 73.8 cm³/mol. The van der Waals surface area contributed by atoms with Crippen molar-refractivity contribution in [1.82, 2.24) is 0 Å².